The summed E-state index contributed by atoms with van der Waals surface area (Å²) in [5, 5.41) is 11.8. The molecule has 0 aliphatic carbocycles. The minimum absolute atomic E-state index is 0.156. The van der Waals surface area contributed by atoms with Gasteiger partial charge in [-0.1, -0.05) is 0 Å². The van der Waals surface area contributed by atoms with Crippen molar-refractivity contribution in [3.8, 4) is 6.07 Å². The fraction of sp³-hybridized carbons (Fsp3) is 0.778. The van der Waals surface area contributed by atoms with Gasteiger partial charge in [0.15, 0.2) is 0 Å². The minimum Gasteiger partial charge on any atom is -0.468 e. The lowest BCUT2D eigenvalue weighted by Gasteiger charge is -2.41. The van der Waals surface area contributed by atoms with Gasteiger partial charge in [-0.3, -0.25) is 4.90 Å². The van der Waals surface area contributed by atoms with Crippen LogP contribution in [0.25, 0.3) is 0 Å². The second-order valence-electron chi connectivity index (χ2n) is 3.46. The van der Waals surface area contributed by atoms with Crippen LogP contribution >= 0.6 is 0 Å². The molecule has 0 aromatic carbocycles. The van der Waals surface area contributed by atoms with Crippen LogP contribution in [0.4, 0.5) is 0 Å². The topological polar surface area (TPSA) is 65.4 Å². The van der Waals surface area contributed by atoms with E-state index in [4.69, 9.17) is 10.00 Å². The summed E-state index contributed by atoms with van der Waals surface area (Å²) in [5.74, 6) is -0.339. The maximum absolute atomic E-state index is 11.6. The third kappa shape index (κ3) is 1.72. The van der Waals surface area contributed by atoms with Gasteiger partial charge in [0.05, 0.1) is 19.6 Å². The first kappa shape index (κ1) is 11.0. The number of likely N-dealkylation sites (N-methyl/N-ethyl adjacent to an activating group) is 1. The number of nitrogens with one attached hydrogen (secondary N) is 1. The number of hydrogen-bond donors (Lipinski definition) is 1. The van der Waals surface area contributed by atoms with E-state index in [9.17, 15) is 4.79 Å². The molecule has 14 heavy (non-hydrogen) atoms. The average Bonchev–Trinajstić information content (AvgIpc) is 2.20. The van der Waals surface area contributed by atoms with Gasteiger partial charge in [-0.25, -0.2) is 4.79 Å². The molecule has 1 N–H and O–H groups in total. The molecule has 0 aromatic rings. The molecule has 0 amide bonds. The molecule has 0 spiro atoms. The summed E-state index contributed by atoms with van der Waals surface area (Å²) in [5.41, 5.74) is -0.804. The van der Waals surface area contributed by atoms with Crippen molar-refractivity contribution < 1.29 is 9.53 Å². The summed E-state index contributed by atoms with van der Waals surface area (Å²) < 4.78 is 4.74. The molecular formula is C9H15N3O2. The van der Waals surface area contributed by atoms with Crippen LogP contribution in [0.2, 0.25) is 0 Å². The zero-order valence-corrected chi connectivity index (χ0v) is 8.54. The Bertz CT molecular complexity index is 261. The van der Waals surface area contributed by atoms with E-state index in [1.54, 1.807) is 0 Å². The maximum Gasteiger partial charge on any atom is 0.328 e. The highest BCUT2D eigenvalue weighted by molar-refractivity contribution is 5.81. The number of esters is 1. The SMILES string of the molecule is COC(=O)C1(CC#N)CNCCN1C. The normalized spacial score (nSPS) is 28.1. The molecule has 5 heteroatoms. The monoisotopic (exact) mass is 197 g/mol. The summed E-state index contributed by atoms with van der Waals surface area (Å²) in [4.78, 5) is 13.5. The Balaban J connectivity index is 2.89. The molecule has 1 heterocycles. The van der Waals surface area contributed by atoms with Gasteiger partial charge in [0.2, 0.25) is 0 Å². The molecule has 5 nitrogen and oxygen atoms in total. The lowest BCUT2D eigenvalue weighted by atomic mass is 9.92. The lowest BCUT2D eigenvalue weighted by Crippen LogP contribution is -2.64. The van der Waals surface area contributed by atoms with Crippen LogP contribution in [0.15, 0.2) is 0 Å². The molecule has 0 aromatic heterocycles. The Morgan fingerprint density at radius 1 is 1.79 bits per heavy atom. The van der Waals surface area contributed by atoms with E-state index < -0.39 is 5.54 Å². The van der Waals surface area contributed by atoms with Crippen molar-refractivity contribution in [1.82, 2.24) is 10.2 Å². The Labute approximate surface area is 83.6 Å². The van der Waals surface area contributed by atoms with Crippen LogP contribution in [0, 0.1) is 11.3 Å². The predicted molar refractivity (Wildman–Crippen MR) is 50.5 cm³/mol. The summed E-state index contributed by atoms with van der Waals surface area (Å²) in [6.45, 7) is 2.06. The number of nitriles is 1. The van der Waals surface area contributed by atoms with Crippen molar-refractivity contribution >= 4 is 5.97 Å². The number of ether oxygens (including phenoxy) is 1. The van der Waals surface area contributed by atoms with Gasteiger partial charge in [-0.2, -0.15) is 5.26 Å². The van der Waals surface area contributed by atoms with Gasteiger partial charge in [0.25, 0.3) is 0 Å². The van der Waals surface area contributed by atoms with Crippen molar-refractivity contribution in [2.75, 3.05) is 33.8 Å². The molecule has 1 unspecified atom stereocenters. The van der Waals surface area contributed by atoms with E-state index in [1.807, 2.05) is 18.0 Å². The van der Waals surface area contributed by atoms with Crippen LogP contribution < -0.4 is 5.32 Å². The largest absolute Gasteiger partial charge is 0.468 e. The van der Waals surface area contributed by atoms with Crippen LogP contribution in [-0.2, 0) is 9.53 Å². The first-order valence-corrected chi connectivity index (χ1v) is 4.54. The zero-order valence-electron chi connectivity index (χ0n) is 8.54. The summed E-state index contributed by atoms with van der Waals surface area (Å²) in [6.07, 6.45) is 0.156. The third-order valence-electron chi connectivity index (χ3n) is 2.71. The smallest absolute Gasteiger partial charge is 0.328 e. The number of carbonyl (C=O) groups is 1. The number of piperazine rings is 1. The van der Waals surface area contributed by atoms with E-state index in [1.165, 1.54) is 7.11 Å². The van der Waals surface area contributed by atoms with Gasteiger partial charge in [-0.05, 0) is 7.05 Å². The molecule has 1 fully saturated rings. The average molecular weight is 197 g/mol. The van der Waals surface area contributed by atoms with E-state index in [2.05, 4.69) is 5.32 Å². The highest BCUT2D eigenvalue weighted by Gasteiger charge is 2.44. The second-order valence-corrected chi connectivity index (χ2v) is 3.46. The highest BCUT2D eigenvalue weighted by Crippen LogP contribution is 2.21. The number of methoxy groups -OCH3 is 1. The van der Waals surface area contributed by atoms with Crippen LogP contribution in [0.1, 0.15) is 6.42 Å². The Morgan fingerprint density at radius 3 is 3.00 bits per heavy atom. The van der Waals surface area contributed by atoms with Gasteiger partial charge in [0, 0.05) is 19.6 Å². The van der Waals surface area contributed by atoms with Gasteiger partial charge in [0.1, 0.15) is 5.54 Å². The molecule has 1 aliphatic heterocycles. The Kier molecular flexibility index (Phi) is 3.44. The van der Waals surface area contributed by atoms with Gasteiger partial charge < -0.3 is 10.1 Å². The summed E-state index contributed by atoms with van der Waals surface area (Å²) in [6, 6.07) is 2.04. The van der Waals surface area contributed by atoms with E-state index in [-0.39, 0.29) is 12.4 Å². The molecule has 1 saturated heterocycles. The number of carbonyl (C=O) groups excluding carboxylic acids is 1. The van der Waals surface area contributed by atoms with Crippen molar-refractivity contribution in [3.05, 3.63) is 0 Å². The first-order valence-electron chi connectivity index (χ1n) is 4.54. The quantitative estimate of drug-likeness (QED) is 0.596. The molecule has 1 rings (SSSR count). The highest BCUT2D eigenvalue weighted by atomic mass is 16.5. The molecule has 1 aliphatic rings. The molecule has 1 atom stereocenters. The molecular weight excluding hydrogens is 182 g/mol. The van der Waals surface area contributed by atoms with Crippen LogP contribution in [-0.4, -0.2) is 50.2 Å². The third-order valence-corrected chi connectivity index (χ3v) is 2.71. The Morgan fingerprint density at radius 2 is 2.50 bits per heavy atom. The fourth-order valence-electron chi connectivity index (χ4n) is 1.71. The fourth-order valence-corrected chi connectivity index (χ4v) is 1.71. The van der Waals surface area contributed by atoms with Crippen LogP contribution in [0.5, 0.6) is 0 Å². The molecule has 78 valence electrons. The number of hydrogen-bond acceptors (Lipinski definition) is 5. The van der Waals surface area contributed by atoms with Crippen molar-refractivity contribution in [3.63, 3.8) is 0 Å². The standard InChI is InChI=1S/C9H15N3O2/c1-12-6-5-11-7-9(12,3-4-10)8(13)14-2/h11H,3,5-7H2,1-2H3. The molecule has 0 radical (unpaired) electrons. The van der Waals surface area contributed by atoms with Crippen molar-refractivity contribution in [2.24, 2.45) is 0 Å². The van der Waals surface area contributed by atoms with E-state index >= 15 is 0 Å². The lowest BCUT2D eigenvalue weighted by molar-refractivity contribution is -0.155. The zero-order chi connectivity index (χ0) is 10.6. The summed E-state index contributed by atoms with van der Waals surface area (Å²) in [7, 11) is 3.19. The minimum atomic E-state index is -0.804. The van der Waals surface area contributed by atoms with Crippen molar-refractivity contribution in [1.29, 1.82) is 5.26 Å². The molecule has 0 saturated carbocycles. The number of nitrogens with zero attached hydrogens (tertiary/aromatic N) is 2. The molecule has 0 bridgehead atoms. The van der Waals surface area contributed by atoms with E-state index in [0.717, 1.165) is 13.1 Å². The van der Waals surface area contributed by atoms with Gasteiger partial charge >= 0.3 is 5.97 Å². The number of rotatable bonds is 2. The Hall–Kier alpha value is -1.12. The van der Waals surface area contributed by atoms with Crippen molar-refractivity contribution in [2.45, 2.75) is 12.0 Å². The first-order chi connectivity index (χ1) is 6.67. The van der Waals surface area contributed by atoms with Gasteiger partial charge in [-0.15, -0.1) is 0 Å². The predicted octanol–water partition coefficient (Wildman–Crippen LogP) is -0.653. The van der Waals surface area contributed by atoms with E-state index in [0.29, 0.717) is 6.54 Å². The van der Waals surface area contributed by atoms with Crippen LogP contribution in [0.3, 0.4) is 0 Å². The second kappa shape index (κ2) is 4.40. The summed E-state index contributed by atoms with van der Waals surface area (Å²) >= 11 is 0. The maximum atomic E-state index is 11.6.